The van der Waals surface area contributed by atoms with Crippen molar-refractivity contribution in [3.63, 3.8) is 0 Å². The van der Waals surface area contributed by atoms with E-state index in [1.165, 1.54) is 0 Å². The first-order chi connectivity index (χ1) is 10.0. The molecule has 2 N–H and O–H groups in total. The topological polar surface area (TPSA) is 70.0 Å². The summed E-state index contributed by atoms with van der Waals surface area (Å²) < 4.78 is 5.48. The summed E-state index contributed by atoms with van der Waals surface area (Å²) in [5, 5.41) is 18.9. The van der Waals surface area contributed by atoms with E-state index in [-0.39, 0.29) is 19.2 Å². The number of aliphatic carboxylic acids is 1. The molecule has 2 atom stereocenters. The zero-order valence-corrected chi connectivity index (χ0v) is 12.7. The highest BCUT2D eigenvalue weighted by Crippen LogP contribution is 2.06. The van der Waals surface area contributed by atoms with E-state index < -0.39 is 12.1 Å². The predicted molar refractivity (Wildman–Crippen MR) is 81.1 cm³/mol. The van der Waals surface area contributed by atoms with Gasteiger partial charge in [0.05, 0.1) is 25.9 Å². The predicted octanol–water partition coefficient (Wildman–Crippen LogP) is 1.75. The number of carbonyl (C=O) groups is 1. The highest BCUT2D eigenvalue weighted by molar-refractivity contribution is 5.69. The summed E-state index contributed by atoms with van der Waals surface area (Å²) in [6.45, 7) is 4.83. The van der Waals surface area contributed by atoms with Gasteiger partial charge in [0.1, 0.15) is 0 Å². The summed E-state index contributed by atoms with van der Waals surface area (Å²) in [4.78, 5) is 12.6. The van der Waals surface area contributed by atoms with Crippen LogP contribution < -0.4 is 0 Å². The second-order valence-electron chi connectivity index (χ2n) is 5.24. The fourth-order valence-corrected chi connectivity index (χ4v) is 2.04. The molecule has 0 spiro atoms. The van der Waals surface area contributed by atoms with E-state index in [0.29, 0.717) is 13.2 Å². The molecular formula is C16H25NO4. The van der Waals surface area contributed by atoms with Crippen LogP contribution in [0.1, 0.15) is 25.8 Å². The summed E-state index contributed by atoms with van der Waals surface area (Å²) >= 11 is 0. The quantitative estimate of drug-likeness (QED) is 0.688. The minimum absolute atomic E-state index is 0.0647. The average Bonchev–Trinajstić information content (AvgIpc) is 2.46. The van der Waals surface area contributed by atoms with Gasteiger partial charge in [-0.2, -0.15) is 0 Å². The van der Waals surface area contributed by atoms with Gasteiger partial charge in [-0.3, -0.25) is 9.69 Å². The van der Waals surface area contributed by atoms with Crippen molar-refractivity contribution in [3.8, 4) is 0 Å². The first kappa shape index (κ1) is 17.6. The summed E-state index contributed by atoms with van der Waals surface area (Å²) in [5.74, 6) is -0.882. The second kappa shape index (κ2) is 9.50. The lowest BCUT2D eigenvalue weighted by Gasteiger charge is -2.28. The van der Waals surface area contributed by atoms with Gasteiger partial charge >= 0.3 is 5.97 Å². The monoisotopic (exact) mass is 295 g/mol. The van der Waals surface area contributed by atoms with Gasteiger partial charge in [0.25, 0.3) is 0 Å². The van der Waals surface area contributed by atoms with Crippen molar-refractivity contribution >= 4 is 5.97 Å². The van der Waals surface area contributed by atoms with Gasteiger partial charge < -0.3 is 14.9 Å². The summed E-state index contributed by atoms with van der Waals surface area (Å²) in [5.41, 5.74) is 1.05. The van der Waals surface area contributed by atoms with Gasteiger partial charge in [-0.05, 0) is 18.9 Å². The van der Waals surface area contributed by atoms with Crippen LogP contribution in [0.2, 0.25) is 0 Å². The Kier molecular flexibility index (Phi) is 7.97. The third kappa shape index (κ3) is 7.22. The number of aliphatic hydroxyl groups is 1. The van der Waals surface area contributed by atoms with Crippen molar-refractivity contribution in [1.82, 2.24) is 4.90 Å². The van der Waals surface area contributed by atoms with E-state index >= 15 is 0 Å². The molecule has 0 saturated heterocycles. The lowest BCUT2D eigenvalue weighted by Crippen LogP contribution is -2.43. The number of ether oxygens (including phenoxy) is 1. The summed E-state index contributed by atoms with van der Waals surface area (Å²) in [6.07, 6.45) is 0.146. The maximum atomic E-state index is 10.9. The number of rotatable bonds is 10. The molecule has 0 amide bonds. The van der Waals surface area contributed by atoms with Crippen molar-refractivity contribution < 1.29 is 19.7 Å². The Morgan fingerprint density at radius 1 is 1.33 bits per heavy atom. The molecule has 1 aromatic carbocycles. The molecule has 0 saturated carbocycles. The zero-order valence-electron chi connectivity index (χ0n) is 12.7. The van der Waals surface area contributed by atoms with Gasteiger partial charge in [0.2, 0.25) is 0 Å². The van der Waals surface area contributed by atoms with Crippen LogP contribution in [0.15, 0.2) is 30.3 Å². The average molecular weight is 295 g/mol. The number of hydrogen-bond acceptors (Lipinski definition) is 4. The highest BCUT2D eigenvalue weighted by atomic mass is 16.5. The van der Waals surface area contributed by atoms with Gasteiger partial charge in [-0.1, -0.05) is 37.3 Å². The van der Waals surface area contributed by atoms with E-state index in [9.17, 15) is 9.90 Å². The fraction of sp³-hybridized carbons (Fsp3) is 0.562. The van der Waals surface area contributed by atoms with Gasteiger partial charge in [-0.25, -0.2) is 0 Å². The molecular weight excluding hydrogens is 270 g/mol. The molecule has 0 aliphatic carbocycles. The van der Waals surface area contributed by atoms with Crippen LogP contribution in [-0.4, -0.2) is 52.9 Å². The minimum Gasteiger partial charge on any atom is -0.480 e. The van der Waals surface area contributed by atoms with E-state index in [1.54, 1.807) is 4.90 Å². The van der Waals surface area contributed by atoms with Crippen LogP contribution in [0, 0.1) is 0 Å². The first-order valence-corrected chi connectivity index (χ1v) is 7.28. The molecule has 0 aromatic heterocycles. The molecule has 0 aliphatic heterocycles. The molecule has 21 heavy (non-hydrogen) atoms. The number of carboxylic acid groups (broad SMARTS) is 1. The number of nitrogens with zero attached hydrogens (tertiary/aromatic N) is 1. The molecule has 5 heteroatoms. The lowest BCUT2D eigenvalue weighted by molar-refractivity contribution is -0.139. The molecule has 2 unspecified atom stereocenters. The number of benzene rings is 1. The minimum atomic E-state index is -0.882. The van der Waals surface area contributed by atoms with E-state index in [2.05, 4.69) is 0 Å². The van der Waals surface area contributed by atoms with Crippen LogP contribution in [0.4, 0.5) is 0 Å². The largest absolute Gasteiger partial charge is 0.480 e. The van der Waals surface area contributed by atoms with Crippen molar-refractivity contribution in [2.75, 3.05) is 19.7 Å². The Morgan fingerprint density at radius 3 is 2.57 bits per heavy atom. The smallest absolute Gasteiger partial charge is 0.317 e. The molecule has 0 aliphatic rings. The van der Waals surface area contributed by atoms with Crippen LogP contribution in [-0.2, 0) is 16.1 Å². The normalized spacial score (nSPS) is 14.1. The molecule has 1 aromatic rings. The van der Waals surface area contributed by atoms with Crippen molar-refractivity contribution in [1.29, 1.82) is 0 Å². The van der Waals surface area contributed by atoms with Gasteiger partial charge in [0, 0.05) is 12.6 Å². The summed E-state index contributed by atoms with van der Waals surface area (Å²) in [7, 11) is 0. The van der Waals surface area contributed by atoms with Crippen LogP contribution in [0.25, 0.3) is 0 Å². The lowest BCUT2D eigenvalue weighted by atomic mass is 10.2. The van der Waals surface area contributed by atoms with E-state index in [4.69, 9.17) is 9.84 Å². The van der Waals surface area contributed by atoms with Crippen molar-refractivity contribution in [2.24, 2.45) is 0 Å². The molecule has 0 bridgehead atoms. The van der Waals surface area contributed by atoms with E-state index in [1.807, 2.05) is 44.2 Å². The van der Waals surface area contributed by atoms with Crippen molar-refractivity contribution in [2.45, 2.75) is 39.0 Å². The van der Waals surface area contributed by atoms with Crippen LogP contribution >= 0.6 is 0 Å². The highest BCUT2D eigenvalue weighted by Gasteiger charge is 2.19. The number of hydrogen-bond donors (Lipinski definition) is 2. The third-order valence-electron chi connectivity index (χ3n) is 3.42. The molecule has 1 rings (SSSR count). The fourth-order valence-electron chi connectivity index (χ4n) is 2.04. The standard InChI is InChI=1S/C16H25NO4/c1-3-13(2)17(10-16(19)20)9-15(18)12-21-11-14-7-5-4-6-8-14/h4-8,13,15,18H,3,9-12H2,1-2H3,(H,19,20). The van der Waals surface area contributed by atoms with Gasteiger partial charge in [-0.15, -0.1) is 0 Å². The molecule has 0 fully saturated rings. The third-order valence-corrected chi connectivity index (χ3v) is 3.42. The zero-order chi connectivity index (χ0) is 15.7. The second-order valence-corrected chi connectivity index (χ2v) is 5.24. The SMILES string of the molecule is CCC(C)N(CC(=O)O)CC(O)COCc1ccccc1. The first-order valence-electron chi connectivity index (χ1n) is 7.28. The van der Waals surface area contributed by atoms with Crippen molar-refractivity contribution in [3.05, 3.63) is 35.9 Å². The molecule has 0 radical (unpaired) electrons. The molecule has 5 nitrogen and oxygen atoms in total. The maximum absolute atomic E-state index is 10.9. The Labute approximate surface area is 126 Å². The number of aliphatic hydroxyl groups excluding tert-OH is 1. The van der Waals surface area contributed by atoms with Gasteiger partial charge in [0.15, 0.2) is 0 Å². The Balaban J connectivity index is 2.35. The maximum Gasteiger partial charge on any atom is 0.317 e. The summed E-state index contributed by atoms with van der Waals surface area (Å²) in [6, 6.07) is 9.85. The van der Waals surface area contributed by atoms with E-state index in [0.717, 1.165) is 12.0 Å². The molecule has 118 valence electrons. The Bertz CT molecular complexity index is 410. The molecule has 0 heterocycles. The van der Waals surface area contributed by atoms with Crippen LogP contribution in [0.5, 0.6) is 0 Å². The Hall–Kier alpha value is -1.43. The van der Waals surface area contributed by atoms with Crippen LogP contribution in [0.3, 0.4) is 0 Å². The Morgan fingerprint density at radius 2 is 2.00 bits per heavy atom. The number of carboxylic acids is 1.